The van der Waals surface area contributed by atoms with E-state index in [9.17, 15) is 0 Å². The van der Waals surface area contributed by atoms with Crippen LogP contribution in [0.3, 0.4) is 0 Å². The molecule has 0 aliphatic heterocycles. The summed E-state index contributed by atoms with van der Waals surface area (Å²) in [7, 11) is 0. The molecule has 0 saturated heterocycles. The Kier molecular flexibility index (Phi) is 1.66. The van der Waals surface area contributed by atoms with Crippen LogP contribution < -0.4 is 5.32 Å². The number of fused-ring (bicyclic) bond motifs is 1. The predicted molar refractivity (Wildman–Crippen MR) is 58.4 cm³/mol. The van der Waals surface area contributed by atoms with Crippen LogP contribution in [0.1, 0.15) is 12.8 Å². The lowest BCUT2D eigenvalue weighted by Crippen LogP contribution is -2.01. The SMILES string of the molecule is c1cnc2c(NC3CC3)cccc2c1. The molecule has 2 aromatic rings. The summed E-state index contributed by atoms with van der Waals surface area (Å²) in [6.45, 7) is 0. The van der Waals surface area contributed by atoms with Gasteiger partial charge in [0.05, 0.1) is 11.2 Å². The zero-order chi connectivity index (χ0) is 9.38. The molecule has 1 aliphatic rings. The molecule has 70 valence electrons. The maximum atomic E-state index is 4.40. The number of anilines is 1. The maximum Gasteiger partial charge on any atom is 0.0933 e. The Bertz CT molecular complexity index is 455. The molecule has 0 spiro atoms. The first-order valence-corrected chi connectivity index (χ1v) is 5.04. The Balaban J connectivity index is 2.11. The first-order valence-electron chi connectivity index (χ1n) is 5.04. The zero-order valence-electron chi connectivity index (χ0n) is 7.90. The minimum Gasteiger partial charge on any atom is -0.381 e. The maximum absolute atomic E-state index is 4.40. The number of para-hydroxylation sites is 1. The van der Waals surface area contributed by atoms with Crippen molar-refractivity contribution < 1.29 is 0 Å². The lowest BCUT2D eigenvalue weighted by atomic mass is 10.2. The van der Waals surface area contributed by atoms with Crippen molar-refractivity contribution in [3.8, 4) is 0 Å². The Labute approximate surface area is 83.0 Å². The average molecular weight is 184 g/mol. The van der Waals surface area contributed by atoms with Gasteiger partial charge in [0, 0.05) is 17.6 Å². The first kappa shape index (κ1) is 7.80. The molecule has 0 unspecified atom stereocenters. The third kappa shape index (κ3) is 1.33. The second-order valence-electron chi connectivity index (χ2n) is 3.80. The molecule has 3 rings (SSSR count). The molecule has 1 aliphatic carbocycles. The molecular formula is C12H12N2. The summed E-state index contributed by atoms with van der Waals surface area (Å²) in [6, 6.07) is 11.0. The van der Waals surface area contributed by atoms with E-state index in [0.29, 0.717) is 6.04 Å². The van der Waals surface area contributed by atoms with E-state index < -0.39 is 0 Å². The second-order valence-corrected chi connectivity index (χ2v) is 3.80. The van der Waals surface area contributed by atoms with Crippen molar-refractivity contribution >= 4 is 16.6 Å². The Morgan fingerprint density at radius 3 is 2.86 bits per heavy atom. The first-order chi connectivity index (χ1) is 6.93. The van der Waals surface area contributed by atoms with E-state index in [1.807, 2.05) is 12.3 Å². The number of benzene rings is 1. The fraction of sp³-hybridized carbons (Fsp3) is 0.250. The number of nitrogens with one attached hydrogen (secondary N) is 1. The quantitative estimate of drug-likeness (QED) is 0.776. The van der Waals surface area contributed by atoms with E-state index in [1.54, 1.807) is 0 Å². The topological polar surface area (TPSA) is 24.9 Å². The van der Waals surface area contributed by atoms with Gasteiger partial charge in [0.25, 0.3) is 0 Å². The van der Waals surface area contributed by atoms with Crippen molar-refractivity contribution in [1.29, 1.82) is 0 Å². The molecule has 0 amide bonds. The van der Waals surface area contributed by atoms with Crippen molar-refractivity contribution in [3.63, 3.8) is 0 Å². The van der Waals surface area contributed by atoms with Gasteiger partial charge in [0.15, 0.2) is 0 Å². The van der Waals surface area contributed by atoms with Crippen LogP contribution in [0.25, 0.3) is 10.9 Å². The van der Waals surface area contributed by atoms with Gasteiger partial charge in [-0.3, -0.25) is 4.98 Å². The number of rotatable bonds is 2. The average Bonchev–Trinajstić information content (AvgIpc) is 3.03. The van der Waals surface area contributed by atoms with Crippen LogP contribution in [-0.2, 0) is 0 Å². The highest BCUT2D eigenvalue weighted by Crippen LogP contribution is 2.28. The molecule has 0 atom stereocenters. The number of pyridine rings is 1. The van der Waals surface area contributed by atoms with Gasteiger partial charge in [0.1, 0.15) is 0 Å². The van der Waals surface area contributed by atoms with E-state index in [4.69, 9.17) is 0 Å². The van der Waals surface area contributed by atoms with E-state index >= 15 is 0 Å². The molecule has 0 radical (unpaired) electrons. The number of nitrogens with zero attached hydrogens (tertiary/aromatic N) is 1. The molecule has 1 N–H and O–H groups in total. The summed E-state index contributed by atoms with van der Waals surface area (Å²) >= 11 is 0. The van der Waals surface area contributed by atoms with Crippen LogP contribution in [0.2, 0.25) is 0 Å². The summed E-state index contributed by atoms with van der Waals surface area (Å²) in [5.41, 5.74) is 2.26. The van der Waals surface area contributed by atoms with Crippen molar-refractivity contribution in [2.24, 2.45) is 0 Å². The standard InChI is InChI=1S/C12H12N2/c1-3-9-4-2-8-13-12(9)11(5-1)14-10-6-7-10/h1-5,8,10,14H,6-7H2. The monoisotopic (exact) mass is 184 g/mol. The normalized spacial score (nSPS) is 15.7. The van der Waals surface area contributed by atoms with Crippen LogP contribution in [0.15, 0.2) is 36.5 Å². The van der Waals surface area contributed by atoms with Crippen LogP contribution >= 0.6 is 0 Å². The highest BCUT2D eigenvalue weighted by atomic mass is 15.0. The minimum atomic E-state index is 0.683. The summed E-state index contributed by atoms with van der Waals surface area (Å²) < 4.78 is 0. The minimum absolute atomic E-state index is 0.683. The van der Waals surface area contributed by atoms with Crippen LogP contribution in [-0.4, -0.2) is 11.0 Å². The van der Waals surface area contributed by atoms with Crippen molar-refractivity contribution in [2.75, 3.05) is 5.32 Å². The molecule has 0 bridgehead atoms. The van der Waals surface area contributed by atoms with E-state index in [0.717, 1.165) is 5.52 Å². The van der Waals surface area contributed by atoms with Gasteiger partial charge in [-0.25, -0.2) is 0 Å². The van der Waals surface area contributed by atoms with Crippen molar-refractivity contribution in [1.82, 2.24) is 4.98 Å². The van der Waals surface area contributed by atoms with E-state index in [-0.39, 0.29) is 0 Å². The van der Waals surface area contributed by atoms with Crippen LogP contribution in [0.4, 0.5) is 5.69 Å². The summed E-state index contributed by atoms with van der Waals surface area (Å²) in [5, 5.41) is 4.70. The Hall–Kier alpha value is -1.57. The fourth-order valence-electron chi connectivity index (χ4n) is 1.67. The third-order valence-electron chi connectivity index (χ3n) is 2.57. The van der Waals surface area contributed by atoms with Gasteiger partial charge in [-0.05, 0) is 25.0 Å². The molecule has 1 aromatic heterocycles. The Morgan fingerprint density at radius 1 is 1.14 bits per heavy atom. The second kappa shape index (κ2) is 2.98. The van der Waals surface area contributed by atoms with Crippen LogP contribution in [0, 0.1) is 0 Å². The number of hydrogen-bond acceptors (Lipinski definition) is 2. The summed E-state index contributed by atoms with van der Waals surface area (Å²) in [4.78, 5) is 4.40. The molecule has 1 saturated carbocycles. The molecule has 2 nitrogen and oxygen atoms in total. The largest absolute Gasteiger partial charge is 0.381 e. The van der Waals surface area contributed by atoms with Gasteiger partial charge in [-0.1, -0.05) is 18.2 Å². The molecular weight excluding hydrogens is 172 g/mol. The van der Waals surface area contributed by atoms with E-state index in [1.165, 1.54) is 23.9 Å². The van der Waals surface area contributed by atoms with Gasteiger partial charge in [0.2, 0.25) is 0 Å². The van der Waals surface area contributed by atoms with Gasteiger partial charge >= 0.3 is 0 Å². The fourth-order valence-corrected chi connectivity index (χ4v) is 1.67. The highest BCUT2D eigenvalue weighted by Gasteiger charge is 2.21. The summed E-state index contributed by atoms with van der Waals surface area (Å²) in [6.07, 6.45) is 4.44. The van der Waals surface area contributed by atoms with Gasteiger partial charge in [-0.2, -0.15) is 0 Å². The smallest absolute Gasteiger partial charge is 0.0933 e. The Morgan fingerprint density at radius 2 is 2.00 bits per heavy atom. The summed E-state index contributed by atoms with van der Waals surface area (Å²) in [5.74, 6) is 0. The lowest BCUT2D eigenvalue weighted by Gasteiger charge is -2.06. The van der Waals surface area contributed by atoms with Crippen molar-refractivity contribution in [3.05, 3.63) is 36.5 Å². The van der Waals surface area contributed by atoms with Crippen molar-refractivity contribution in [2.45, 2.75) is 18.9 Å². The van der Waals surface area contributed by atoms with Gasteiger partial charge < -0.3 is 5.32 Å². The molecule has 14 heavy (non-hydrogen) atoms. The third-order valence-corrected chi connectivity index (χ3v) is 2.57. The number of aromatic nitrogens is 1. The van der Waals surface area contributed by atoms with Crippen LogP contribution in [0.5, 0.6) is 0 Å². The zero-order valence-corrected chi connectivity index (χ0v) is 7.90. The number of hydrogen-bond donors (Lipinski definition) is 1. The predicted octanol–water partition coefficient (Wildman–Crippen LogP) is 2.81. The highest BCUT2D eigenvalue weighted by molar-refractivity contribution is 5.90. The lowest BCUT2D eigenvalue weighted by molar-refractivity contribution is 1.16. The van der Waals surface area contributed by atoms with E-state index in [2.05, 4.69) is 34.6 Å². The molecule has 2 heteroatoms. The molecule has 1 heterocycles. The van der Waals surface area contributed by atoms with Gasteiger partial charge in [-0.15, -0.1) is 0 Å². The molecule has 1 fully saturated rings. The molecule has 1 aromatic carbocycles.